The highest BCUT2D eigenvalue weighted by atomic mass is 35.5. The topological polar surface area (TPSA) is 75.2 Å². The first-order chi connectivity index (χ1) is 10.9. The number of fused-ring (bicyclic) bond motifs is 1. The van der Waals surface area contributed by atoms with E-state index in [1.165, 1.54) is 0 Å². The summed E-state index contributed by atoms with van der Waals surface area (Å²) in [5.41, 5.74) is 1.29. The van der Waals surface area contributed by atoms with Crippen LogP contribution in [0.4, 0.5) is 5.82 Å². The summed E-state index contributed by atoms with van der Waals surface area (Å²) in [6.45, 7) is 3.19. The van der Waals surface area contributed by atoms with Crippen LogP contribution in [0.2, 0.25) is 10.0 Å². The Morgan fingerprint density at radius 3 is 2.70 bits per heavy atom. The molecule has 23 heavy (non-hydrogen) atoms. The van der Waals surface area contributed by atoms with Crippen molar-refractivity contribution in [2.75, 3.05) is 24.5 Å². The average Bonchev–Trinajstić information content (AvgIpc) is 2.99. The molecule has 0 saturated carbocycles. The first kappa shape index (κ1) is 16.7. The summed E-state index contributed by atoms with van der Waals surface area (Å²) in [4.78, 5) is 10.8. The number of sulfonamides is 1. The second-order valence-electron chi connectivity index (χ2n) is 5.38. The van der Waals surface area contributed by atoms with Crippen molar-refractivity contribution >= 4 is 50.1 Å². The average molecular weight is 375 g/mol. The number of nitrogens with one attached hydrogen (secondary N) is 1. The van der Waals surface area contributed by atoms with Crippen molar-refractivity contribution in [3.63, 3.8) is 0 Å². The molecule has 0 aliphatic carbocycles. The van der Waals surface area contributed by atoms with Crippen molar-refractivity contribution in [2.24, 2.45) is 0 Å². The van der Waals surface area contributed by atoms with Crippen molar-refractivity contribution in [2.45, 2.75) is 18.6 Å². The van der Waals surface area contributed by atoms with Gasteiger partial charge >= 0.3 is 0 Å². The quantitative estimate of drug-likeness (QED) is 0.889. The molecule has 1 unspecified atom stereocenters. The molecule has 2 heterocycles. The Morgan fingerprint density at radius 2 is 2.00 bits per heavy atom. The van der Waals surface area contributed by atoms with E-state index in [0.717, 1.165) is 0 Å². The summed E-state index contributed by atoms with van der Waals surface area (Å²) in [6.07, 6.45) is 2.20. The molecule has 0 spiro atoms. The third kappa shape index (κ3) is 3.38. The van der Waals surface area contributed by atoms with E-state index in [9.17, 15) is 8.42 Å². The van der Waals surface area contributed by atoms with E-state index < -0.39 is 15.3 Å². The van der Waals surface area contributed by atoms with Crippen LogP contribution in [0.3, 0.4) is 0 Å². The Kier molecular flexibility index (Phi) is 4.64. The molecule has 1 aliphatic rings. The lowest BCUT2D eigenvalue weighted by Gasteiger charge is -2.17. The molecule has 2 aromatic rings. The highest BCUT2D eigenvalue weighted by Crippen LogP contribution is 2.28. The van der Waals surface area contributed by atoms with E-state index >= 15 is 0 Å². The number of aromatic nitrogens is 2. The van der Waals surface area contributed by atoms with E-state index in [2.05, 4.69) is 14.7 Å². The third-order valence-electron chi connectivity index (χ3n) is 3.82. The van der Waals surface area contributed by atoms with Gasteiger partial charge in [-0.05, 0) is 18.6 Å². The lowest BCUT2D eigenvalue weighted by atomic mass is 10.3. The molecule has 124 valence electrons. The van der Waals surface area contributed by atoms with Gasteiger partial charge < -0.3 is 4.90 Å². The smallest absolute Gasteiger partial charge is 0.216 e. The van der Waals surface area contributed by atoms with Gasteiger partial charge in [0, 0.05) is 19.6 Å². The van der Waals surface area contributed by atoms with E-state index in [4.69, 9.17) is 23.2 Å². The van der Waals surface area contributed by atoms with Crippen molar-refractivity contribution in [1.82, 2.24) is 14.7 Å². The van der Waals surface area contributed by atoms with Gasteiger partial charge in [0.1, 0.15) is 5.82 Å². The molecule has 0 radical (unpaired) electrons. The Morgan fingerprint density at radius 1 is 1.30 bits per heavy atom. The second-order valence-corrected chi connectivity index (χ2v) is 8.24. The fraction of sp³-hybridized carbons (Fsp3) is 0.429. The maximum absolute atomic E-state index is 12.1. The number of halogens is 2. The van der Waals surface area contributed by atoms with Crippen molar-refractivity contribution < 1.29 is 8.42 Å². The summed E-state index contributed by atoms with van der Waals surface area (Å²) in [7, 11) is -3.28. The predicted molar refractivity (Wildman–Crippen MR) is 92.8 cm³/mol. The van der Waals surface area contributed by atoms with Gasteiger partial charge in [0.05, 0.1) is 32.5 Å². The van der Waals surface area contributed by atoms with Crippen LogP contribution >= 0.6 is 23.2 Å². The molecule has 1 N–H and O–H groups in total. The van der Waals surface area contributed by atoms with Crippen LogP contribution in [-0.4, -0.2) is 43.3 Å². The first-order valence-corrected chi connectivity index (χ1v) is 9.56. The molecule has 1 saturated heterocycles. The SMILES string of the molecule is CCNS(=O)(=O)C1CCN(c2cnc3cc(Cl)c(Cl)cc3n2)C1. The van der Waals surface area contributed by atoms with Gasteiger partial charge in [0.2, 0.25) is 10.0 Å². The molecule has 1 aliphatic heterocycles. The van der Waals surface area contributed by atoms with Crippen molar-refractivity contribution in [3.8, 4) is 0 Å². The largest absolute Gasteiger partial charge is 0.354 e. The number of hydrogen-bond acceptors (Lipinski definition) is 5. The van der Waals surface area contributed by atoms with Crippen LogP contribution in [0.25, 0.3) is 11.0 Å². The zero-order valence-corrected chi connectivity index (χ0v) is 14.8. The maximum atomic E-state index is 12.1. The molecule has 1 fully saturated rings. The Labute approximate surface area is 144 Å². The summed E-state index contributed by atoms with van der Waals surface area (Å²) < 4.78 is 26.8. The van der Waals surface area contributed by atoms with Crippen LogP contribution in [0, 0.1) is 0 Å². The summed E-state index contributed by atoms with van der Waals surface area (Å²) in [5, 5.41) is 0.410. The van der Waals surface area contributed by atoms with E-state index in [1.807, 2.05) is 4.90 Å². The monoisotopic (exact) mass is 374 g/mol. The summed E-state index contributed by atoms with van der Waals surface area (Å²) in [5.74, 6) is 0.644. The molecular weight excluding hydrogens is 359 g/mol. The molecule has 9 heteroatoms. The van der Waals surface area contributed by atoms with Gasteiger partial charge in [-0.25, -0.2) is 18.1 Å². The summed E-state index contributed by atoms with van der Waals surface area (Å²) >= 11 is 12.0. The molecule has 0 bridgehead atoms. The van der Waals surface area contributed by atoms with Crippen molar-refractivity contribution in [3.05, 3.63) is 28.4 Å². The lowest BCUT2D eigenvalue weighted by Crippen LogP contribution is -2.36. The van der Waals surface area contributed by atoms with Crippen LogP contribution in [0.5, 0.6) is 0 Å². The second kappa shape index (κ2) is 6.39. The lowest BCUT2D eigenvalue weighted by molar-refractivity contribution is 0.571. The Balaban J connectivity index is 1.86. The maximum Gasteiger partial charge on any atom is 0.216 e. The minimum absolute atomic E-state index is 0.397. The number of hydrogen-bond donors (Lipinski definition) is 1. The van der Waals surface area contributed by atoms with E-state index in [1.54, 1.807) is 25.3 Å². The Hall–Kier alpha value is -1.15. The molecule has 1 aromatic heterocycles. The van der Waals surface area contributed by atoms with Gasteiger partial charge in [-0.1, -0.05) is 30.1 Å². The van der Waals surface area contributed by atoms with Crippen LogP contribution in [0.1, 0.15) is 13.3 Å². The molecule has 3 rings (SSSR count). The highest BCUT2D eigenvalue weighted by Gasteiger charge is 2.33. The fourth-order valence-corrected chi connectivity index (χ4v) is 4.41. The summed E-state index contributed by atoms with van der Waals surface area (Å²) in [6, 6.07) is 3.33. The van der Waals surface area contributed by atoms with Gasteiger partial charge in [0.25, 0.3) is 0 Å². The number of rotatable bonds is 4. The van der Waals surface area contributed by atoms with Crippen LogP contribution in [0.15, 0.2) is 18.3 Å². The fourth-order valence-electron chi connectivity index (χ4n) is 2.66. The number of anilines is 1. The van der Waals surface area contributed by atoms with Gasteiger partial charge in [-0.15, -0.1) is 0 Å². The van der Waals surface area contributed by atoms with Crippen LogP contribution in [-0.2, 0) is 10.0 Å². The van der Waals surface area contributed by atoms with Crippen molar-refractivity contribution in [1.29, 1.82) is 0 Å². The first-order valence-electron chi connectivity index (χ1n) is 7.26. The standard InChI is InChI=1S/C14H16Cl2N4O2S/c1-2-18-23(21,22)9-3-4-20(8-9)14-7-17-12-5-10(15)11(16)6-13(12)19-14/h5-7,9,18H,2-4,8H2,1H3. The minimum atomic E-state index is -3.28. The number of nitrogens with zero attached hydrogens (tertiary/aromatic N) is 3. The molecule has 1 aromatic carbocycles. The molecule has 6 nitrogen and oxygen atoms in total. The normalized spacial score (nSPS) is 18.7. The Bertz CT molecular complexity index is 844. The molecular formula is C14H16Cl2N4O2S. The zero-order valence-electron chi connectivity index (χ0n) is 12.5. The van der Waals surface area contributed by atoms with Crippen LogP contribution < -0.4 is 9.62 Å². The zero-order chi connectivity index (χ0) is 16.6. The van der Waals surface area contributed by atoms with E-state index in [-0.39, 0.29) is 0 Å². The highest BCUT2D eigenvalue weighted by molar-refractivity contribution is 7.90. The van der Waals surface area contributed by atoms with Gasteiger partial charge in [-0.3, -0.25) is 4.98 Å². The minimum Gasteiger partial charge on any atom is -0.354 e. The molecule has 1 atom stereocenters. The van der Waals surface area contributed by atoms with Gasteiger partial charge in [0.15, 0.2) is 0 Å². The number of benzene rings is 1. The van der Waals surface area contributed by atoms with E-state index in [0.29, 0.717) is 53.0 Å². The predicted octanol–water partition coefficient (Wildman–Crippen LogP) is 2.45. The third-order valence-corrected chi connectivity index (χ3v) is 6.50. The molecule has 0 amide bonds. The van der Waals surface area contributed by atoms with Gasteiger partial charge in [-0.2, -0.15) is 0 Å².